The van der Waals surface area contributed by atoms with E-state index in [4.69, 9.17) is 15.5 Å². The van der Waals surface area contributed by atoms with Crippen LogP contribution in [-0.4, -0.2) is 123 Å². The van der Waals surface area contributed by atoms with Crippen LogP contribution in [-0.2, 0) is 25.5 Å². The molecule has 6 N–H and O–H groups in total. The predicted octanol–water partition coefficient (Wildman–Crippen LogP) is 2.27. The molecule has 0 radical (unpaired) electrons. The number of aryl methyl sites for hydroxylation is 1. The second-order valence-electron chi connectivity index (χ2n) is 15.8. The Morgan fingerprint density at radius 3 is 2.59 bits per heavy atom. The zero-order chi connectivity index (χ0) is 41.4. The number of fused-ring (bicyclic) bond motifs is 1. The quantitative estimate of drug-likeness (QED) is 0.0949. The molecule has 0 bridgehead atoms. The molecule has 1 saturated carbocycles. The van der Waals surface area contributed by atoms with E-state index in [0.29, 0.717) is 74.7 Å². The normalized spacial score (nSPS) is 23.6. The van der Waals surface area contributed by atoms with Crippen molar-refractivity contribution in [1.82, 2.24) is 30.0 Å². The molecule has 3 saturated heterocycles. The van der Waals surface area contributed by atoms with Gasteiger partial charge in [0.15, 0.2) is 5.82 Å². The molecule has 310 valence electrons. The van der Waals surface area contributed by atoms with Gasteiger partial charge in [-0.15, -0.1) is 0 Å². The largest absolute Gasteiger partial charge is 0.378 e. The van der Waals surface area contributed by atoms with Crippen LogP contribution >= 0.6 is 0 Å². The van der Waals surface area contributed by atoms with E-state index < -0.39 is 35.9 Å². The van der Waals surface area contributed by atoms with Gasteiger partial charge in [-0.1, -0.05) is 18.2 Å². The average Bonchev–Trinajstić information content (AvgIpc) is 3.67. The number of benzene rings is 2. The molecule has 1 aromatic heterocycles. The monoisotopic (exact) mass is 808 g/mol. The smallest absolute Gasteiger partial charge is 0.320 e. The molecule has 18 nitrogen and oxygen atoms in total. The summed E-state index contributed by atoms with van der Waals surface area (Å²) >= 11 is 0. The molecule has 18 heteroatoms. The van der Waals surface area contributed by atoms with Crippen LogP contribution in [0.25, 0.3) is 0 Å². The molecule has 8 rings (SSSR count). The number of aliphatic hydroxyl groups excluding tert-OH is 1. The van der Waals surface area contributed by atoms with Crippen molar-refractivity contribution >= 4 is 58.6 Å². The van der Waals surface area contributed by atoms with Crippen LogP contribution in [0.2, 0.25) is 0 Å². The number of aromatic nitrogens is 2. The standard InChI is InChI=1S/C41H48N10O8/c1-48-15-16-50(41(48)58)27-10-4-14-49(22-27)31-21-43-34(35(42)53)36(46-31)44-25-8-3-9-26(20-25)45-37(54)24-18-28(19-24)59-17-5-7-23-6-2-11-29-33(23)40(57)51(39(29)56)30-12-13-32(52)47-38(30)55/h2-3,6,8-9,11,20-21,24,27-28,30,35,53H,4-5,7,10,12-19,22,42H2,1H3,(H,44,46)(H,45,54)(H,47,52,55)/t24?,27-,28?,30?,35?/m1/s1. The van der Waals surface area contributed by atoms with Crippen molar-refractivity contribution in [2.45, 2.75) is 75.8 Å². The first-order valence-corrected chi connectivity index (χ1v) is 20.2. The molecular weight excluding hydrogens is 761 g/mol. The number of ether oxygens (including phenoxy) is 1. The van der Waals surface area contributed by atoms with Crippen molar-refractivity contribution in [3.63, 3.8) is 0 Å². The van der Waals surface area contributed by atoms with Crippen LogP contribution in [0.3, 0.4) is 0 Å². The number of carbonyl (C=O) groups excluding carboxylic acids is 6. The Morgan fingerprint density at radius 1 is 1.03 bits per heavy atom. The summed E-state index contributed by atoms with van der Waals surface area (Å²) in [6, 6.07) is 11.3. The Balaban J connectivity index is 0.815. The molecule has 0 spiro atoms. The van der Waals surface area contributed by atoms with E-state index in [-0.39, 0.29) is 65.5 Å². The van der Waals surface area contributed by atoms with Crippen molar-refractivity contribution in [2.24, 2.45) is 11.7 Å². The van der Waals surface area contributed by atoms with Gasteiger partial charge in [-0.2, -0.15) is 0 Å². The van der Waals surface area contributed by atoms with Crippen molar-refractivity contribution in [1.29, 1.82) is 0 Å². The van der Waals surface area contributed by atoms with Gasteiger partial charge in [-0.05, 0) is 74.8 Å². The number of piperidine rings is 2. The molecule has 5 aliphatic rings. The molecular formula is C41H48N10O8. The number of carbonyl (C=O) groups is 6. The Hall–Kier alpha value is -5.98. The van der Waals surface area contributed by atoms with Gasteiger partial charge in [0.25, 0.3) is 11.8 Å². The summed E-state index contributed by atoms with van der Waals surface area (Å²) in [5, 5.41) is 18.7. The highest BCUT2D eigenvalue weighted by molar-refractivity contribution is 6.24. The maximum atomic E-state index is 13.4. The van der Waals surface area contributed by atoms with Gasteiger partial charge >= 0.3 is 6.03 Å². The number of anilines is 4. The van der Waals surface area contributed by atoms with Gasteiger partial charge in [0.1, 0.15) is 23.8 Å². The lowest BCUT2D eigenvalue weighted by molar-refractivity contribution is -0.136. The molecule has 5 heterocycles. The van der Waals surface area contributed by atoms with Crippen molar-refractivity contribution < 1.29 is 38.6 Å². The fourth-order valence-corrected chi connectivity index (χ4v) is 8.55. The summed E-state index contributed by atoms with van der Waals surface area (Å²) < 4.78 is 6.04. The topological polar surface area (TPSA) is 233 Å². The van der Waals surface area contributed by atoms with Crippen LogP contribution in [0.5, 0.6) is 0 Å². The number of nitrogens with two attached hydrogens (primary N) is 1. The zero-order valence-corrected chi connectivity index (χ0v) is 32.8. The van der Waals surface area contributed by atoms with Gasteiger partial charge < -0.3 is 40.9 Å². The van der Waals surface area contributed by atoms with E-state index in [1.54, 1.807) is 47.5 Å². The molecule has 7 amide bonds. The average molecular weight is 809 g/mol. The van der Waals surface area contributed by atoms with Gasteiger partial charge in [-0.25, -0.2) is 14.8 Å². The third-order valence-electron chi connectivity index (χ3n) is 11.8. The fourth-order valence-electron chi connectivity index (χ4n) is 8.55. The number of nitrogens with one attached hydrogen (secondary N) is 3. The summed E-state index contributed by atoms with van der Waals surface area (Å²) in [6.07, 6.45) is 4.23. The van der Waals surface area contributed by atoms with Crippen LogP contribution in [0, 0.1) is 5.92 Å². The number of urea groups is 1. The predicted molar refractivity (Wildman–Crippen MR) is 213 cm³/mol. The van der Waals surface area contributed by atoms with Crippen molar-refractivity contribution in [3.8, 4) is 0 Å². The third kappa shape index (κ3) is 8.20. The van der Waals surface area contributed by atoms with Gasteiger partial charge in [0.05, 0.1) is 29.5 Å². The van der Waals surface area contributed by atoms with Gasteiger partial charge in [-0.3, -0.25) is 34.2 Å². The Kier molecular flexibility index (Phi) is 11.3. The number of aliphatic hydroxyl groups is 1. The highest BCUT2D eigenvalue weighted by atomic mass is 16.5. The van der Waals surface area contributed by atoms with Gasteiger partial charge in [0, 0.05) is 63.5 Å². The molecule has 3 atom stereocenters. The molecule has 1 aliphatic carbocycles. The van der Waals surface area contributed by atoms with E-state index in [1.807, 2.05) is 18.0 Å². The molecule has 4 fully saturated rings. The highest BCUT2D eigenvalue weighted by Gasteiger charge is 2.45. The number of hydrogen-bond donors (Lipinski definition) is 5. The number of imide groups is 2. The lowest BCUT2D eigenvalue weighted by Gasteiger charge is -2.38. The molecule has 4 aliphatic heterocycles. The van der Waals surface area contributed by atoms with Gasteiger partial charge in [0.2, 0.25) is 17.7 Å². The second-order valence-corrected chi connectivity index (χ2v) is 15.8. The minimum Gasteiger partial charge on any atom is -0.378 e. The van der Waals surface area contributed by atoms with E-state index in [0.717, 1.165) is 24.3 Å². The molecule has 2 unspecified atom stereocenters. The highest BCUT2D eigenvalue weighted by Crippen LogP contribution is 2.34. The van der Waals surface area contributed by atoms with Crippen molar-refractivity contribution in [3.05, 3.63) is 71.0 Å². The van der Waals surface area contributed by atoms with E-state index in [1.165, 1.54) is 0 Å². The van der Waals surface area contributed by atoms with Crippen LogP contribution in [0.1, 0.15) is 83.1 Å². The summed E-state index contributed by atoms with van der Waals surface area (Å²) in [4.78, 5) is 92.4. The first-order chi connectivity index (χ1) is 28.4. The summed E-state index contributed by atoms with van der Waals surface area (Å²) in [6.45, 7) is 3.15. The first-order valence-electron chi connectivity index (χ1n) is 20.2. The first kappa shape index (κ1) is 39.8. The number of amides is 7. The number of likely N-dealkylation sites (N-methyl/N-ethyl adjacent to an activating group) is 1. The maximum Gasteiger partial charge on any atom is 0.320 e. The van der Waals surface area contributed by atoms with Crippen LogP contribution in [0.15, 0.2) is 48.7 Å². The van der Waals surface area contributed by atoms with E-state index >= 15 is 0 Å². The number of nitrogens with zero attached hydrogens (tertiary/aromatic N) is 6. The molecule has 2 aromatic carbocycles. The summed E-state index contributed by atoms with van der Waals surface area (Å²) in [5.74, 6) is -1.61. The summed E-state index contributed by atoms with van der Waals surface area (Å²) in [7, 11) is 1.81. The molecule has 59 heavy (non-hydrogen) atoms. The summed E-state index contributed by atoms with van der Waals surface area (Å²) in [5.41, 5.74) is 8.44. The minimum atomic E-state index is -1.38. The van der Waals surface area contributed by atoms with E-state index in [9.17, 15) is 33.9 Å². The van der Waals surface area contributed by atoms with Crippen LogP contribution < -0.4 is 26.6 Å². The number of hydrogen-bond acceptors (Lipinski definition) is 13. The molecule has 3 aromatic rings. The Morgan fingerprint density at radius 2 is 1.83 bits per heavy atom. The lowest BCUT2D eigenvalue weighted by atomic mass is 9.81. The zero-order valence-electron chi connectivity index (χ0n) is 32.8. The maximum absolute atomic E-state index is 13.4. The Bertz CT molecular complexity index is 2180. The number of rotatable bonds is 13. The minimum absolute atomic E-state index is 0.0351. The Labute approximate surface area is 340 Å². The van der Waals surface area contributed by atoms with E-state index in [2.05, 4.69) is 25.8 Å². The third-order valence-corrected chi connectivity index (χ3v) is 11.8. The second kappa shape index (κ2) is 16.7. The van der Waals surface area contributed by atoms with Crippen LogP contribution in [0.4, 0.5) is 27.8 Å². The lowest BCUT2D eigenvalue weighted by Crippen LogP contribution is -2.54. The SMILES string of the molecule is CN1CCN([C@@H]2CCCN(c3cnc(C(N)O)c(Nc4cccc(NC(=O)C5CC(OCCCc6cccc7c6C(=O)N(C6CCC(=O)NC6=O)C7=O)C5)c4)n3)C2)C1=O. The fraction of sp³-hybridized carbons (Fsp3) is 0.463. The van der Waals surface area contributed by atoms with Crippen molar-refractivity contribution in [2.75, 3.05) is 55.4 Å².